The molecule has 2 N–H and O–H groups in total. The Morgan fingerprint density at radius 2 is 2.12 bits per heavy atom. The van der Waals surface area contributed by atoms with E-state index in [-0.39, 0.29) is 12.1 Å². The molecule has 0 aliphatic rings. The van der Waals surface area contributed by atoms with E-state index in [0.29, 0.717) is 10.6 Å². The van der Waals surface area contributed by atoms with Gasteiger partial charge in [-0.05, 0) is 18.6 Å². The number of nitrogens with zero attached hydrogens (tertiary/aromatic N) is 1. The van der Waals surface area contributed by atoms with E-state index in [4.69, 9.17) is 10.2 Å². The molecule has 0 saturated heterocycles. The summed E-state index contributed by atoms with van der Waals surface area (Å²) in [6, 6.07) is 0. The highest BCUT2D eigenvalue weighted by atomic mass is 32.2. The minimum Gasteiger partial charge on any atom is -0.481 e. The van der Waals surface area contributed by atoms with Gasteiger partial charge < -0.3 is 10.2 Å². The lowest BCUT2D eigenvalue weighted by molar-refractivity contribution is -0.137. The maximum Gasteiger partial charge on any atom is 0.356 e. The first-order valence-electron chi connectivity index (χ1n) is 4.62. The molecular formula is C9H11NO4S2. The first-order valence-corrected chi connectivity index (χ1v) is 6.49. The van der Waals surface area contributed by atoms with Gasteiger partial charge in [-0.2, -0.15) is 0 Å². The second-order valence-electron chi connectivity index (χ2n) is 2.99. The minimum absolute atomic E-state index is 0.0910. The van der Waals surface area contributed by atoms with Crippen LogP contribution < -0.4 is 0 Å². The van der Waals surface area contributed by atoms with Gasteiger partial charge in [0.1, 0.15) is 0 Å². The Kier molecular flexibility index (Phi) is 5.27. The van der Waals surface area contributed by atoms with Crippen molar-refractivity contribution in [2.75, 3.05) is 5.75 Å². The zero-order chi connectivity index (χ0) is 12.0. The van der Waals surface area contributed by atoms with Crippen molar-refractivity contribution in [2.45, 2.75) is 23.5 Å². The van der Waals surface area contributed by atoms with Crippen LogP contribution in [0.15, 0.2) is 9.72 Å². The fourth-order valence-corrected chi connectivity index (χ4v) is 2.99. The van der Waals surface area contributed by atoms with Gasteiger partial charge in [-0.1, -0.05) is 0 Å². The molecule has 7 heteroatoms. The second kappa shape index (κ2) is 6.49. The number of carbonyl (C=O) groups is 2. The van der Waals surface area contributed by atoms with Gasteiger partial charge in [-0.25, -0.2) is 9.78 Å². The minimum atomic E-state index is -1.02. The highest BCUT2D eigenvalue weighted by Crippen LogP contribution is 2.27. The summed E-state index contributed by atoms with van der Waals surface area (Å²) in [7, 11) is 0. The molecule has 1 aromatic rings. The van der Waals surface area contributed by atoms with E-state index >= 15 is 0 Å². The molecule has 0 unspecified atom stereocenters. The Morgan fingerprint density at radius 1 is 1.38 bits per heavy atom. The number of thioether (sulfide) groups is 1. The average molecular weight is 261 g/mol. The van der Waals surface area contributed by atoms with E-state index in [0.717, 1.165) is 12.2 Å². The fraction of sp³-hybridized carbons (Fsp3) is 0.444. The smallest absolute Gasteiger partial charge is 0.356 e. The lowest BCUT2D eigenvalue weighted by Gasteiger charge is -1.98. The maximum atomic E-state index is 10.7. The van der Waals surface area contributed by atoms with Crippen LogP contribution in [0.1, 0.15) is 29.8 Å². The lowest BCUT2D eigenvalue weighted by atomic mass is 10.3. The van der Waals surface area contributed by atoms with Gasteiger partial charge in [-0.15, -0.1) is 23.1 Å². The number of hydrogen-bond acceptors (Lipinski definition) is 5. The van der Waals surface area contributed by atoms with Crippen LogP contribution in [0.4, 0.5) is 0 Å². The van der Waals surface area contributed by atoms with Gasteiger partial charge in [-0.3, -0.25) is 4.79 Å². The first-order chi connectivity index (χ1) is 7.61. The number of rotatable bonds is 7. The van der Waals surface area contributed by atoms with Crippen LogP contribution in [-0.4, -0.2) is 32.9 Å². The van der Waals surface area contributed by atoms with Crippen LogP contribution >= 0.6 is 23.1 Å². The Bertz CT molecular complexity index is 377. The number of unbranched alkanes of at least 4 members (excludes halogenated alkanes) is 1. The molecular weight excluding hydrogens is 250 g/mol. The molecule has 0 fully saturated rings. The summed E-state index contributed by atoms with van der Waals surface area (Å²) in [5.41, 5.74) is 1.59. The number of aromatic nitrogens is 1. The Hall–Kier alpha value is -1.08. The summed E-state index contributed by atoms with van der Waals surface area (Å²) in [5.74, 6) is -1.10. The molecule has 0 aliphatic carbocycles. The SMILES string of the molecule is O=C(O)CCCCSc1scnc1C(=O)O. The Balaban J connectivity index is 2.29. The molecule has 0 saturated carbocycles. The van der Waals surface area contributed by atoms with Crippen LogP contribution in [0.2, 0.25) is 0 Å². The zero-order valence-corrected chi connectivity index (χ0v) is 10.0. The summed E-state index contributed by atoms with van der Waals surface area (Å²) in [6.07, 6.45) is 1.53. The predicted molar refractivity (Wildman–Crippen MR) is 61.3 cm³/mol. The molecule has 16 heavy (non-hydrogen) atoms. The van der Waals surface area contributed by atoms with Crippen molar-refractivity contribution in [3.05, 3.63) is 11.2 Å². The van der Waals surface area contributed by atoms with E-state index in [1.165, 1.54) is 28.6 Å². The summed E-state index contributed by atoms with van der Waals surface area (Å²) in [6.45, 7) is 0. The fourth-order valence-electron chi connectivity index (χ4n) is 1.02. The molecule has 1 aromatic heterocycles. The monoisotopic (exact) mass is 261 g/mol. The van der Waals surface area contributed by atoms with Crippen LogP contribution in [0.5, 0.6) is 0 Å². The third-order valence-electron chi connectivity index (χ3n) is 1.76. The standard InChI is InChI=1S/C9H11NO4S2/c11-6(12)3-1-2-4-15-9-7(8(13)14)10-5-16-9/h5H,1-4H2,(H,11,12)(H,13,14). The van der Waals surface area contributed by atoms with E-state index in [1.807, 2.05) is 0 Å². The molecule has 0 spiro atoms. The molecule has 1 heterocycles. The van der Waals surface area contributed by atoms with Crippen LogP contribution in [0.3, 0.4) is 0 Å². The molecule has 1 rings (SSSR count). The number of aliphatic carboxylic acids is 1. The predicted octanol–water partition coefficient (Wildman–Crippen LogP) is 2.19. The lowest BCUT2D eigenvalue weighted by Crippen LogP contribution is -1.98. The van der Waals surface area contributed by atoms with Gasteiger partial charge in [0.05, 0.1) is 9.72 Å². The number of carboxylic acid groups (broad SMARTS) is 2. The number of thiazole rings is 1. The Morgan fingerprint density at radius 3 is 2.75 bits per heavy atom. The molecule has 0 aromatic carbocycles. The van der Waals surface area contributed by atoms with Crippen molar-refractivity contribution in [3.63, 3.8) is 0 Å². The highest BCUT2D eigenvalue weighted by molar-refractivity contribution is 8.01. The van der Waals surface area contributed by atoms with Gasteiger partial charge in [0.25, 0.3) is 0 Å². The third kappa shape index (κ3) is 4.19. The summed E-state index contributed by atoms with van der Waals surface area (Å²) >= 11 is 2.71. The van der Waals surface area contributed by atoms with E-state index in [9.17, 15) is 9.59 Å². The van der Waals surface area contributed by atoms with E-state index in [2.05, 4.69) is 4.98 Å². The van der Waals surface area contributed by atoms with Crippen LogP contribution in [0, 0.1) is 0 Å². The van der Waals surface area contributed by atoms with Crippen molar-refractivity contribution in [2.24, 2.45) is 0 Å². The largest absolute Gasteiger partial charge is 0.481 e. The number of carboxylic acids is 2. The Labute approximate surface area is 101 Å². The molecule has 88 valence electrons. The van der Waals surface area contributed by atoms with Gasteiger partial charge in [0.2, 0.25) is 0 Å². The average Bonchev–Trinajstić information content (AvgIpc) is 2.65. The van der Waals surface area contributed by atoms with Crippen molar-refractivity contribution < 1.29 is 19.8 Å². The molecule has 0 atom stereocenters. The molecule has 0 radical (unpaired) electrons. The third-order valence-corrected chi connectivity index (χ3v) is 3.96. The van der Waals surface area contributed by atoms with Gasteiger partial charge in [0, 0.05) is 6.42 Å². The highest BCUT2D eigenvalue weighted by Gasteiger charge is 2.13. The summed E-state index contributed by atoms with van der Waals surface area (Å²) in [5, 5.41) is 17.2. The quantitative estimate of drug-likeness (QED) is 0.578. The van der Waals surface area contributed by atoms with Gasteiger partial charge >= 0.3 is 11.9 Å². The summed E-state index contributed by atoms with van der Waals surface area (Å²) in [4.78, 5) is 24.7. The van der Waals surface area contributed by atoms with Crippen molar-refractivity contribution in [1.29, 1.82) is 0 Å². The zero-order valence-electron chi connectivity index (χ0n) is 8.38. The second-order valence-corrected chi connectivity index (χ2v) is 5.21. The van der Waals surface area contributed by atoms with Crippen molar-refractivity contribution in [1.82, 2.24) is 4.98 Å². The maximum absolute atomic E-state index is 10.7. The first kappa shape index (κ1) is 13.0. The van der Waals surface area contributed by atoms with Crippen molar-refractivity contribution in [3.8, 4) is 0 Å². The molecule has 0 bridgehead atoms. The van der Waals surface area contributed by atoms with Crippen molar-refractivity contribution >= 4 is 35.0 Å². The molecule has 0 amide bonds. The molecule has 0 aliphatic heterocycles. The van der Waals surface area contributed by atoms with Gasteiger partial charge in [0.15, 0.2) is 5.69 Å². The molecule has 5 nitrogen and oxygen atoms in total. The number of hydrogen-bond donors (Lipinski definition) is 2. The van der Waals surface area contributed by atoms with E-state index < -0.39 is 11.9 Å². The van der Waals surface area contributed by atoms with E-state index in [1.54, 1.807) is 0 Å². The normalized spacial score (nSPS) is 10.2. The van der Waals surface area contributed by atoms with Crippen LogP contribution in [-0.2, 0) is 4.79 Å². The number of aromatic carboxylic acids is 1. The van der Waals surface area contributed by atoms with Crippen LogP contribution in [0.25, 0.3) is 0 Å². The topological polar surface area (TPSA) is 87.5 Å². The summed E-state index contributed by atoms with van der Waals surface area (Å²) < 4.78 is 0.683.